The van der Waals surface area contributed by atoms with Gasteiger partial charge in [0.1, 0.15) is 11.4 Å². The van der Waals surface area contributed by atoms with Crippen LogP contribution in [0.25, 0.3) is 5.57 Å². The van der Waals surface area contributed by atoms with Crippen molar-refractivity contribution in [3.05, 3.63) is 53.6 Å². The second kappa shape index (κ2) is 17.1. The molecule has 0 radical (unpaired) electrons. The van der Waals surface area contributed by atoms with E-state index in [1.807, 2.05) is 32.9 Å². The van der Waals surface area contributed by atoms with Gasteiger partial charge in [-0.1, -0.05) is 71.9 Å². The van der Waals surface area contributed by atoms with Crippen LogP contribution in [-0.4, -0.2) is 56.0 Å². The van der Waals surface area contributed by atoms with Gasteiger partial charge in [0, 0.05) is 12.3 Å². The zero-order valence-electron chi connectivity index (χ0n) is 40.2. The molecular formula is C54H83NO5. The number of nitrogens with zero attached hydrogens (tertiary/aromatic N) is 1. The minimum absolute atomic E-state index is 0.00521. The lowest BCUT2D eigenvalue weighted by molar-refractivity contribution is -0.227. The predicted molar refractivity (Wildman–Crippen MR) is 245 cm³/mol. The summed E-state index contributed by atoms with van der Waals surface area (Å²) in [5.74, 6) is 2.96. The SMILES string of the molecule is C=C(C)C1CCC2(CC(C)C(CCCN(C)C)C(=O)CCC(=O)OC)CCC3(C)C(CCC4C5(C)CC=C(c6ccc(C(=O)OC(C)(C)C)cc6)C(C)(C)C5CCC43C)C12. The summed E-state index contributed by atoms with van der Waals surface area (Å²) < 4.78 is 10.6. The van der Waals surface area contributed by atoms with Gasteiger partial charge in [0.2, 0.25) is 0 Å². The molecule has 334 valence electrons. The maximum atomic E-state index is 14.0. The molecule has 0 aliphatic heterocycles. The number of hydrogen-bond donors (Lipinski definition) is 0. The van der Waals surface area contributed by atoms with Crippen LogP contribution in [0.3, 0.4) is 0 Å². The van der Waals surface area contributed by atoms with Gasteiger partial charge in [0.25, 0.3) is 0 Å². The van der Waals surface area contributed by atoms with Crippen molar-refractivity contribution in [3.8, 4) is 0 Å². The molecule has 5 aliphatic carbocycles. The number of allylic oxidation sites excluding steroid dienone is 3. The molecule has 0 aromatic heterocycles. The molecule has 0 bridgehead atoms. The molecule has 1 aromatic carbocycles. The largest absolute Gasteiger partial charge is 0.469 e. The van der Waals surface area contributed by atoms with E-state index < -0.39 is 5.60 Å². The van der Waals surface area contributed by atoms with Gasteiger partial charge in [0.05, 0.1) is 19.1 Å². The number of rotatable bonds is 14. The fraction of sp³-hybridized carbons (Fsp3) is 0.759. The Balaban J connectivity index is 1.27. The number of benzene rings is 1. The number of Topliss-reactive ketones (excluding diaryl/α,β-unsaturated/α-hetero) is 1. The molecule has 0 spiro atoms. The highest BCUT2D eigenvalue weighted by molar-refractivity contribution is 5.90. The first kappa shape index (κ1) is 46.8. The van der Waals surface area contributed by atoms with Crippen LogP contribution in [0.4, 0.5) is 0 Å². The lowest BCUT2D eigenvalue weighted by atomic mass is 9.32. The molecule has 0 N–H and O–H groups in total. The van der Waals surface area contributed by atoms with Crippen molar-refractivity contribution in [3.63, 3.8) is 0 Å². The number of hydrogen-bond acceptors (Lipinski definition) is 6. The smallest absolute Gasteiger partial charge is 0.338 e. The molecule has 4 fully saturated rings. The Bertz CT molecular complexity index is 1800. The second-order valence-corrected chi connectivity index (χ2v) is 23.4. The molecule has 11 atom stereocenters. The van der Waals surface area contributed by atoms with Crippen LogP contribution >= 0.6 is 0 Å². The van der Waals surface area contributed by atoms with Crippen LogP contribution in [-0.2, 0) is 19.1 Å². The van der Waals surface area contributed by atoms with Crippen molar-refractivity contribution in [1.82, 2.24) is 4.90 Å². The lowest BCUT2D eigenvalue weighted by Crippen LogP contribution is -2.65. The maximum Gasteiger partial charge on any atom is 0.338 e. The highest BCUT2D eigenvalue weighted by Crippen LogP contribution is 2.78. The highest BCUT2D eigenvalue weighted by atomic mass is 16.6. The van der Waals surface area contributed by atoms with E-state index in [2.05, 4.69) is 92.2 Å². The molecule has 6 nitrogen and oxygen atoms in total. The number of carbonyl (C=O) groups is 3. The molecule has 4 saturated carbocycles. The molecule has 0 saturated heterocycles. The first-order chi connectivity index (χ1) is 27.9. The van der Waals surface area contributed by atoms with E-state index in [9.17, 15) is 14.4 Å². The normalized spacial score (nSPS) is 35.5. The molecule has 0 amide bonds. The van der Waals surface area contributed by atoms with Crippen LogP contribution in [0.15, 0.2) is 42.5 Å². The van der Waals surface area contributed by atoms with Gasteiger partial charge in [-0.2, -0.15) is 0 Å². The van der Waals surface area contributed by atoms with Crippen LogP contribution in [0.2, 0.25) is 0 Å². The van der Waals surface area contributed by atoms with Crippen LogP contribution in [0.5, 0.6) is 0 Å². The average Bonchev–Trinajstić information content (AvgIpc) is 3.54. The van der Waals surface area contributed by atoms with E-state index in [1.165, 1.54) is 75.2 Å². The summed E-state index contributed by atoms with van der Waals surface area (Å²) in [7, 11) is 5.63. The zero-order valence-corrected chi connectivity index (χ0v) is 40.2. The van der Waals surface area contributed by atoms with E-state index in [0.717, 1.165) is 32.2 Å². The third kappa shape index (κ3) is 8.39. The number of carbonyl (C=O) groups excluding carboxylic acids is 3. The Morgan fingerprint density at radius 1 is 0.883 bits per heavy atom. The Hall–Kier alpha value is -2.73. The molecule has 5 aliphatic rings. The maximum absolute atomic E-state index is 14.0. The minimum atomic E-state index is -0.520. The van der Waals surface area contributed by atoms with Crippen molar-refractivity contribution in [2.24, 2.45) is 68.5 Å². The number of esters is 2. The van der Waals surface area contributed by atoms with Gasteiger partial charge in [-0.05, 0) is 211 Å². The Labute approximate surface area is 365 Å². The van der Waals surface area contributed by atoms with Gasteiger partial charge in [-0.25, -0.2) is 4.79 Å². The van der Waals surface area contributed by atoms with E-state index in [-0.39, 0.29) is 69.5 Å². The molecule has 1 aromatic rings. The van der Waals surface area contributed by atoms with Crippen molar-refractivity contribution in [1.29, 1.82) is 0 Å². The molecule has 6 rings (SSSR count). The molecule has 6 heteroatoms. The van der Waals surface area contributed by atoms with Crippen LogP contribution in [0, 0.1) is 68.5 Å². The van der Waals surface area contributed by atoms with Crippen molar-refractivity contribution in [2.75, 3.05) is 27.7 Å². The summed E-state index contributed by atoms with van der Waals surface area (Å²) in [4.78, 5) is 41.2. The third-order valence-electron chi connectivity index (χ3n) is 18.4. The zero-order chi connectivity index (χ0) is 44.2. The average molecular weight is 826 g/mol. The fourth-order valence-corrected chi connectivity index (χ4v) is 15.5. The van der Waals surface area contributed by atoms with Gasteiger partial charge in [-0.3, -0.25) is 9.59 Å². The summed E-state index contributed by atoms with van der Waals surface area (Å²) in [6.45, 7) is 29.2. The van der Waals surface area contributed by atoms with Gasteiger partial charge >= 0.3 is 11.9 Å². The second-order valence-electron chi connectivity index (χ2n) is 23.4. The van der Waals surface area contributed by atoms with Crippen LogP contribution < -0.4 is 0 Å². The molecule has 0 heterocycles. The van der Waals surface area contributed by atoms with E-state index in [4.69, 9.17) is 9.47 Å². The number of ketones is 1. The van der Waals surface area contributed by atoms with Gasteiger partial charge in [-0.15, -0.1) is 0 Å². The van der Waals surface area contributed by atoms with E-state index in [1.54, 1.807) is 0 Å². The van der Waals surface area contributed by atoms with Crippen LogP contribution in [0.1, 0.15) is 175 Å². The van der Waals surface area contributed by atoms with Gasteiger partial charge in [0.15, 0.2) is 0 Å². The lowest BCUT2D eigenvalue weighted by Gasteiger charge is -2.72. The molecule has 60 heavy (non-hydrogen) atoms. The monoisotopic (exact) mass is 826 g/mol. The fourth-order valence-electron chi connectivity index (χ4n) is 15.5. The summed E-state index contributed by atoms with van der Waals surface area (Å²) in [5.41, 5.74) is 5.04. The molecular weight excluding hydrogens is 743 g/mol. The highest BCUT2D eigenvalue weighted by Gasteiger charge is 2.70. The Morgan fingerprint density at radius 2 is 1.57 bits per heavy atom. The standard InChI is InChI=1S/C54H83NO5/c1-35(2)39-25-30-54(34-36(3)40(16-15-33-55(12)13)43(56)22-24-46(57)59-14)32-31-52(10)42(47(39)54)21-23-45-51(9)28-26-41(50(7,8)44(51)27-29-53(45,52)11)37-17-19-38(20-18-37)48(58)60-49(4,5)6/h17-20,26,36,39-40,42,44-45,47H,1,15-16,21-25,27-34H2,2-14H3. The van der Waals surface area contributed by atoms with E-state index >= 15 is 0 Å². The molecule has 11 unspecified atom stereocenters. The summed E-state index contributed by atoms with van der Waals surface area (Å²) in [6.07, 6.45) is 17.2. The first-order valence-electron chi connectivity index (χ1n) is 23.9. The summed E-state index contributed by atoms with van der Waals surface area (Å²) >= 11 is 0. The first-order valence-corrected chi connectivity index (χ1v) is 23.9. The third-order valence-corrected chi connectivity index (χ3v) is 18.4. The van der Waals surface area contributed by atoms with Crippen molar-refractivity contribution in [2.45, 2.75) is 165 Å². The Kier molecular flexibility index (Phi) is 13.3. The quantitative estimate of drug-likeness (QED) is 0.137. The topological polar surface area (TPSA) is 72.9 Å². The van der Waals surface area contributed by atoms with Crippen molar-refractivity contribution >= 4 is 23.3 Å². The predicted octanol–water partition coefficient (Wildman–Crippen LogP) is 12.8. The van der Waals surface area contributed by atoms with Crippen molar-refractivity contribution < 1.29 is 23.9 Å². The number of ether oxygens (including phenoxy) is 2. The Morgan fingerprint density at radius 3 is 2.18 bits per heavy atom. The summed E-state index contributed by atoms with van der Waals surface area (Å²) in [6, 6.07) is 8.20. The summed E-state index contributed by atoms with van der Waals surface area (Å²) in [5, 5.41) is 0. The minimum Gasteiger partial charge on any atom is -0.469 e. The number of fused-ring (bicyclic) bond motifs is 7. The van der Waals surface area contributed by atoms with Gasteiger partial charge < -0.3 is 14.4 Å². The van der Waals surface area contributed by atoms with E-state index in [0.29, 0.717) is 35.2 Å². The number of methoxy groups -OCH3 is 1.